The number of hydrogen-bond acceptors (Lipinski definition) is 6. The Hall–Kier alpha value is -0.510. The van der Waals surface area contributed by atoms with Gasteiger partial charge >= 0.3 is 31.6 Å². The molecule has 0 radical (unpaired) electrons. The van der Waals surface area contributed by atoms with Crippen LogP contribution in [0.15, 0.2) is 18.7 Å². The zero-order valence-electron chi connectivity index (χ0n) is 25.2. The first-order valence-electron chi connectivity index (χ1n) is 13.4. The van der Waals surface area contributed by atoms with Gasteiger partial charge in [0.15, 0.2) is 0 Å². The Bertz CT molecular complexity index is 752. The molecule has 0 aliphatic carbocycles. The molecular formula is C21H50F4N2O13P4. The quantitative estimate of drug-likeness (QED) is 0.0523. The number of aromatic amines is 1. The summed E-state index contributed by atoms with van der Waals surface area (Å²) in [4.78, 5) is 62.1. The number of nitrogens with zero attached hydrogens (tertiary/aromatic N) is 1. The summed E-state index contributed by atoms with van der Waals surface area (Å²) in [5.74, 6) is 0. The molecule has 0 saturated heterocycles. The molecule has 0 saturated carbocycles. The van der Waals surface area contributed by atoms with Crippen molar-refractivity contribution in [3.8, 4) is 0 Å². The van der Waals surface area contributed by atoms with Crippen molar-refractivity contribution in [1.29, 1.82) is 0 Å². The summed E-state index contributed by atoms with van der Waals surface area (Å²) in [5.41, 5.74) is 0. The van der Waals surface area contributed by atoms with Crippen molar-refractivity contribution in [2.45, 2.75) is 117 Å². The molecule has 0 aromatic carbocycles. The van der Waals surface area contributed by atoms with Crippen LogP contribution in [0.25, 0.3) is 0 Å². The minimum absolute atomic E-state index is 0.523. The molecule has 23 heteroatoms. The van der Waals surface area contributed by atoms with Crippen LogP contribution in [0.5, 0.6) is 0 Å². The van der Waals surface area contributed by atoms with Crippen LogP contribution in [0.3, 0.4) is 0 Å². The monoisotopic (exact) mass is 738 g/mol. The molecule has 0 amide bonds. The van der Waals surface area contributed by atoms with E-state index < -0.39 is 31.6 Å². The maximum atomic E-state index is 10.4. The molecule has 1 rings (SSSR count). The van der Waals surface area contributed by atoms with Gasteiger partial charge in [0.25, 0.3) is 0 Å². The highest BCUT2D eigenvalue weighted by Crippen LogP contribution is 2.36. The Morgan fingerprint density at radius 3 is 1.05 bits per heavy atom. The molecule has 15 nitrogen and oxygen atoms in total. The standard InChI is InChI=1S/C18H38O.C3H4N2.4FH2O3P/c1-5-9-11-15-17(13-7-3)19-18(14-8-4)16-12-10-6-2;1-2-5-3-4-1;4*1-5(2,3)4/h17-18H,5-16H2,1-4H3;1-3H,(H,4,5);4*(H2,2,3,4). The molecule has 9 N–H and O–H groups in total. The fourth-order valence-electron chi connectivity index (χ4n) is 2.94. The highest BCUT2D eigenvalue weighted by Gasteiger charge is 2.15. The second-order valence-corrected chi connectivity index (χ2v) is 12.4. The van der Waals surface area contributed by atoms with Gasteiger partial charge < -0.3 is 9.72 Å². The minimum Gasteiger partial charge on any atom is -0.375 e. The lowest BCUT2D eigenvalue weighted by Gasteiger charge is -2.25. The zero-order chi connectivity index (χ0) is 35.9. The van der Waals surface area contributed by atoms with Gasteiger partial charge in [-0.3, -0.25) is 39.1 Å². The van der Waals surface area contributed by atoms with Crippen molar-refractivity contribution in [2.75, 3.05) is 0 Å². The smallest absolute Gasteiger partial charge is 0.375 e. The lowest BCUT2D eigenvalue weighted by molar-refractivity contribution is -0.0307. The summed E-state index contributed by atoms with van der Waals surface area (Å²) in [5, 5.41) is 0. The van der Waals surface area contributed by atoms with Gasteiger partial charge in [0.1, 0.15) is 0 Å². The Kier molecular flexibility index (Phi) is 39.1. The van der Waals surface area contributed by atoms with Crippen LogP contribution >= 0.6 is 31.6 Å². The van der Waals surface area contributed by atoms with Crippen molar-refractivity contribution in [3.63, 3.8) is 0 Å². The van der Waals surface area contributed by atoms with Crippen LogP contribution in [0, 0.1) is 0 Å². The number of halogens is 4. The summed E-state index contributed by atoms with van der Waals surface area (Å²) in [6.45, 7) is 9.12. The lowest BCUT2D eigenvalue weighted by Crippen LogP contribution is -2.22. The molecule has 0 aliphatic rings. The van der Waals surface area contributed by atoms with E-state index in [4.69, 9.17) is 62.1 Å². The topological polar surface area (TPSA) is 268 Å². The van der Waals surface area contributed by atoms with Crippen LogP contribution in [-0.2, 0) is 23.0 Å². The summed E-state index contributed by atoms with van der Waals surface area (Å²) in [7, 11) is -20.6. The largest absolute Gasteiger partial charge is 0.507 e. The number of H-pyrrole nitrogens is 1. The Morgan fingerprint density at radius 2 is 0.886 bits per heavy atom. The number of imidazole rings is 1. The highest BCUT2D eigenvalue weighted by atomic mass is 31.2. The molecule has 0 spiro atoms. The molecule has 2 atom stereocenters. The number of ether oxygens (including phenoxy) is 1. The van der Waals surface area contributed by atoms with E-state index in [1.54, 1.807) is 18.7 Å². The van der Waals surface area contributed by atoms with Crippen LogP contribution < -0.4 is 0 Å². The van der Waals surface area contributed by atoms with E-state index in [-0.39, 0.29) is 0 Å². The van der Waals surface area contributed by atoms with Crippen molar-refractivity contribution in [3.05, 3.63) is 18.7 Å². The second-order valence-electron chi connectivity index (χ2n) is 8.60. The molecule has 0 fully saturated rings. The second kappa shape index (κ2) is 32.4. The Morgan fingerprint density at radius 1 is 0.591 bits per heavy atom. The third kappa shape index (κ3) is 113. The molecule has 2 unspecified atom stereocenters. The average molecular weight is 739 g/mol. The lowest BCUT2D eigenvalue weighted by atomic mass is 10.0. The normalized spacial score (nSPS) is 12.5. The van der Waals surface area contributed by atoms with Gasteiger partial charge in [-0.05, 0) is 25.7 Å². The number of nitrogens with one attached hydrogen (secondary N) is 1. The number of unbranched alkanes of at least 4 members (excludes halogenated alkanes) is 4. The van der Waals surface area contributed by atoms with Crippen LogP contribution in [-0.4, -0.2) is 61.3 Å². The minimum atomic E-state index is -5.14. The van der Waals surface area contributed by atoms with E-state index in [0.717, 1.165) is 0 Å². The first kappa shape index (κ1) is 53.0. The highest BCUT2D eigenvalue weighted by molar-refractivity contribution is 7.46. The van der Waals surface area contributed by atoms with E-state index >= 15 is 0 Å². The van der Waals surface area contributed by atoms with E-state index in [1.807, 2.05) is 0 Å². The first-order chi connectivity index (χ1) is 19.8. The molecule has 0 aliphatic heterocycles. The summed E-state index contributed by atoms with van der Waals surface area (Å²) >= 11 is 0. The van der Waals surface area contributed by atoms with Gasteiger partial charge in [-0.25, -0.2) is 23.2 Å². The van der Waals surface area contributed by atoms with E-state index in [0.29, 0.717) is 12.2 Å². The van der Waals surface area contributed by atoms with Gasteiger partial charge in [-0.15, -0.1) is 16.8 Å². The van der Waals surface area contributed by atoms with E-state index in [2.05, 4.69) is 37.7 Å². The van der Waals surface area contributed by atoms with Crippen molar-refractivity contribution < 1.29 is 78.9 Å². The predicted molar refractivity (Wildman–Crippen MR) is 158 cm³/mol. The maximum Gasteiger partial charge on any atom is 0.507 e. The van der Waals surface area contributed by atoms with E-state index in [1.165, 1.54) is 77.0 Å². The molecular weight excluding hydrogens is 688 g/mol. The van der Waals surface area contributed by atoms with Crippen molar-refractivity contribution in [1.82, 2.24) is 9.97 Å². The fraction of sp³-hybridized carbons (Fsp3) is 0.857. The van der Waals surface area contributed by atoms with Crippen molar-refractivity contribution in [2.24, 2.45) is 0 Å². The summed E-state index contributed by atoms with van der Waals surface area (Å²) in [6.07, 6.45) is 21.7. The molecule has 1 heterocycles. The van der Waals surface area contributed by atoms with Gasteiger partial charge in [-0.2, -0.15) is 0 Å². The Labute approximate surface area is 256 Å². The number of aromatic nitrogens is 2. The van der Waals surface area contributed by atoms with Crippen LogP contribution in [0.1, 0.15) is 105 Å². The number of hydrogen-bond donors (Lipinski definition) is 9. The van der Waals surface area contributed by atoms with Gasteiger partial charge in [-0.1, -0.05) is 79.1 Å². The average Bonchev–Trinajstić information content (AvgIpc) is 3.35. The maximum absolute atomic E-state index is 10.4. The Balaban J connectivity index is -0.000000164. The first-order valence-corrected chi connectivity index (χ1v) is 19.4. The van der Waals surface area contributed by atoms with E-state index in [9.17, 15) is 16.8 Å². The summed E-state index contributed by atoms with van der Waals surface area (Å²) in [6, 6.07) is 0. The predicted octanol–water partition coefficient (Wildman–Crippen LogP) is 7.11. The van der Waals surface area contributed by atoms with Crippen LogP contribution in [0.2, 0.25) is 0 Å². The summed E-state index contributed by atoms with van der Waals surface area (Å²) < 4.78 is 82.5. The molecule has 1 aromatic rings. The third-order valence-electron chi connectivity index (χ3n) is 4.27. The van der Waals surface area contributed by atoms with Gasteiger partial charge in [0, 0.05) is 12.4 Å². The molecule has 1 aromatic heterocycles. The van der Waals surface area contributed by atoms with Gasteiger partial charge in [0.2, 0.25) is 0 Å². The van der Waals surface area contributed by atoms with Crippen LogP contribution in [0.4, 0.5) is 16.8 Å². The fourth-order valence-corrected chi connectivity index (χ4v) is 2.94. The number of rotatable bonds is 14. The molecule has 270 valence electrons. The molecule has 44 heavy (non-hydrogen) atoms. The van der Waals surface area contributed by atoms with Crippen molar-refractivity contribution >= 4 is 31.6 Å². The zero-order valence-corrected chi connectivity index (χ0v) is 28.8. The third-order valence-corrected chi connectivity index (χ3v) is 4.27. The van der Waals surface area contributed by atoms with Gasteiger partial charge in [0.05, 0.1) is 18.5 Å². The SMILES string of the molecule is CCCCCC(CCC)OC(CCC)CCCCC.O=P(O)(O)F.O=P(O)(O)F.O=P(O)(O)F.O=P(O)(O)F.c1c[nH]cn1. The molecule has 0 bridgehead atoms.